The van der Waals surface area contributed by atoms with E-state index in [1.807, 2.05) is 48.3 Å². The summed E-state index contributed by atoms with van der Waals surface area (Å²) in [4.78, 5) is 14.2. The molecular formula is C23H32N2O5. The van der Waals surface area contributed by atoms with Crippen LogP contribution in [0.5, 0.6) is 23.0 Å². The van der Waals surface area contributed by atoms with E-state index in [0.717, 1.165) is 30.5 Å². The average molecular weight is 417 g/mol. The van der Waals surface area contributed by atoms with Gasteiger partial charge in [-0.3, -0.25) is 9.69 Å². The minimum absolute atomic E-state index is 0.00490. The van der Waals surface area contributed by atoms with E-state index in [0.29, 0.717) is 36.1 Å². The van der Waals surface area contributed by atoms with Crippen molar-refractivity contribution in [2.45, 2.75) is 12.8 Å². The van der Waals surface area contributed by atoms with Crippen LogP contribution in [0.1, 0.15) is 11.1 Å². The Kier molecular flexibility index (Phi) is 9.28. The van der Waals surface area contributed by atoms with Gasteiger partial charge in [-0.25, -0.2) is 0 Å². The molecule has 7 nitrogen and oxygen atoms in total. The lowest BCUT2D eigenvalue weighted by atomic mass is 10.1. The minimum Gasteiger partial charge on any atom is -0.493 e. The number of ether oxygens (including phenoxy) is 4. The Morgan fingerprint density at radius 2 is 1.30 bits per heavy atom. The fraction of sp³-hybridized carbons (Fsp3) is 0.435. The molecule has 0 aliphatic heterocycles. The van der Waals surface area contributed by atoms with Crippen molar-refractivity contribution in [3.63, 3.8) is 0 Å². The summed E-state index contributed by atoms with van der Waals surface area (Å²) in [5, 5.41) is 2.97. The Labute approximate surface area is 178 Å². The molecule has 0 spiro atoms. The predicted molar refractivity (Wildman–Crippen MR) is 117 cm³/mol. The van der Waals surface area contributed by atoms with Gasteiger partial charge in [0.25, 0.3) is 0 Å². The summed E-state index contributed by atoms with van der Waals surface area (Å²) in [5.41, 5.74) is 2.21. The number of hydrogen-bond donors (Lipinski definition) is 1. The summed E-state index contributed by atoms with van der Waals surface area (Å²) in [5.74, 6) is 2.82. The number of nitrogens with zero attached hydrogens (tertiary/aromatic N) is 1. The summed E-state index contributed by atoms with van der Waals surface area (Å²) in [6, 6.07) is 11.7. The molecule has 0 atom stereocenters. The highest BCUT2D eigenvalue weighted by Crippen LogP contribution is 2.28. The molecule has 0 heterocycles. The van der Waals surface area contributed by atoms with Gasteiger partial charge in [0.2, 0.25) is 5.91 Å². The summed E-state index contributed by atoms with van der Waals surface area (Å²) in [7, 11) is 8.41. The highest BCUT2D eigenvalue weighted by atomic mass is 16.5. The van der Waals surface area contributed by atoms with Crippen molar-refractivity contribution in [2.24, 2.45) is 0 Å². The summed E-state index contributed by atoms with van der Waals surface area (Å²) < 4.78 is 21.2. The second-order valence-corrected chi connectivity index (χ2v) is 6.97. The van der Waals surface area contributed by atoms with Gasteiger partial charge in [-0.05, 0) is 55.3 Å². The van der Waals surface area contributed by atoms with Crippen LogP contribution in [0, 0.1) is 0 Å². The monoisotopic (exact) mass is 416 g/mol. The van der Waals surface area contributed by atoms with Crippen molar-refractivity contribution in [3.8, 4) is 23.0 Å². The van der Waals surface area contributed by atoms with Gasteiger partial charge in [-0.15, -0.1) is 0 Å². The lowest BCUT2D eigenvalue weighted by Crippen LogP contribution is -2.36. The molecule has 2 aromatic rings. The van der Waals surface area contributed by atoms with Crippen LogP contribution in [0.4, 0.5) is 0 Å². The highest BCUT2D eigenvalue weighted by molar-refractivity contribution is 5.77. The van der Waals surface area contributed by atoms with Crippen LogP contribution in [0.2, 0.25) is 0 Å². The van der Waals surface area contributed by atoms with Crippen LogP contribution in [-0.2, 0) is 17.6 Å². The highest BCUT2D eigenvalue weighted by Gasteiger charge is 2.09. The third kappa shape index (κ3) is 6.84. The first-order chi connectivity index (χ1) is 14.5. The van der Waals surface area contributed by atoms with Crippen LogP contribution in [-0.4, -0.2) is 65.9 Å². The molecule has 0 bridgehead atoms. The average Bonchev–Trinajstić information content (AvgIpc) is 2.77. The van der Waals surface area contributed by atoms with Crippen molar-refractivity contribution < 1.29 is 23.7 Å². The first-order valence-corrected chi connectivity index (χ1v) is 9.87. The zero-order valence-corrected chi connectivity index (χ0v) is 18.5. The number of nitrogens with one attached hydrogen (secondary N) is 1. The van der Waals surface area contributed by atoms with E-state index in [4.69, 9.17) is 18.9 Å². The molecule has 164 valence electrons. The number of carbonyl (C=O) groups excluding carboxylic acids is 1. The lowest BCUT2D eigenvalue weighted by molar-refractivity contribution is -0.121. The van der Waals surface area contributed by atoms with Crippen molar-refractivity contribution in [1.29, 1.82) is 0 Å². The molecule has 0 unspecified atom stereocenters. The van der Waals surface area contributed by atoms with Crippen molar-refractivity contribution >= 4 is 5.91 Å². The van der Waals surface area contributed by atoms with Gasteiger partial charge in [0.1, 0.15) is 0 Å². The van der Waals surface area contributed by atoms with Crippen molar-refractivity contribution in [3.05, 3.63) is 47.5 Å². The standard InChI is InChI=1S/C23H32N2O5/c1-25(13-11-18-7-9-20(28-3)22(15-18)30-5)16-23(26)24-12-10-17-6-8-19(27-2)21(14-17)29-4/h6-9,14-15H,10-13,16H2,1-5H3,(H,24,26). The number of hydrogen-bond acceptors (Lipinski definition) is 6. The predicted octanol–water partition coefficient (Wildman–Crippen LogP) is 2.55. The van der Waals surface area contributed by atoms with Gasteiger partial charge < -0.3 is 24.3 Å². The number of benzene rings is 2. The smallest absolute Gasteiger partial charge is 0.234 e. The van der Waals surface area contributed by atoms with E-state index in [2.05, 4.69) is 5.32 Å². The van der Waals surface area contributed by atoms with Gasteiger partial charge in [0.05, 0.1) is 35.0 Å². The Morgan fingerprint density at radius 3 is 1.80 bits per heavy atom. The molecule has 1 amide bonds. The van der Waals surface area contributed by atoms with Crippen molar-refractivity contribution in [2.75, 3.05) is 55.1 Å². The molecule has 0 saturated heterocycles. The van der Waals surface area contributed by atoms with Crippen LogP contribution >= 0.6 is 0 Å². The molecule has 7 heteroatoms. The third-order valence-electron chi connectivity index (χ3n) is 4.83. The van der Waals surface area contributed by atoms with Gasteiger partial charge in [-0.1, -0.05) is 12.1 Å². The lowest BCUT2D eigenvalue weighted by Gasteiger charge is -2.17. The van der Waals surface area contributed by atoms with Crippen LogP contribution < -0.4 is 24.3 Å². The molecule has 1 N–H and O–H groups in total. The summed E-state index contributed by atoms with van der Waals surface area (Å²) >= 11 is 0. The number of rotatable bonds is 12. The summed E-state index contributed by atoms with van der Waals surface area (Å²) in [6.45, 7) is 1.68. The maximum Gasteiger partial charge on any atom is 0.234 e. The molecule has 0 radical (unpaired) electrons. The molecule has 0 aliphatic carbocycles. The fourth-order valence-electron chi connectivity index (χ4n) is 3.12. The Bertz CT molecular complexity index is 825. The molecule has 2 rings (SSSR count). The first kappa shape index (κ1) is 23.3. The molecule has 2 aromatic carbocycles. The largest absolute Gasteiger partial charge is 0.493 e. The van der Waals surface area contributed by atoms with Gasteiger partial charge >= 0.3 is 0 Å². The number of likely N-dealkylation sites (N-methyl/N-ethyl adjacent to an activating group) is 1. The maximum atomic E-state index is 12.2. The number of methoxy groups -OCH3 is 4. The topological polar surface area (TPSA) is 69.3 Å². The Morgan fingerprint density at radius 1 is 0.800 bits per heavy atom. The SMILES string of the molecule is COc1ccc(CCNC(=O)CN(C)CCc2ccc(OC)c(OC)c2)cc1OC. The number of carbonyl (C=O) groups is 1. The summed E-state index contributed by atoms with van der Waals surface area (Å²) in [6.07, 6.45) is 1.54. The van der Waals surface area contributed by atoms with Crippen LogP contribution in [0.3, 0.4) is 0 Å². The molecule has 0 aliphatic rings. The second-order valence-electron chi connectivity index (χ2n) is 6.97. The second kappa shape index (κ2) is 11.9. The van der Waals surface area contributed by atoms with E-state index in [9.17, 15) is 4.79 Å². The molecular weight excluding hydrogens is 384 g/mol. The van der Waals surface area contributed by atoms with E-state index in [-0.39, 0.29) is 5.91 Å². The molecule has 0 saturated carbocycles. The maximum absolute atomic E-state index is 12.2. The Hall–Kier alpha value is -2.93. The zero-order chi connectivity index (χ0) is 21.9. The zero-order valence-electron chi connectivity index (χ0n) is 18.5. The minimum atomic E-state index is 0.00490. The Balaban J connectivity index is 1.74. The molecule has 0 aromatic heterocycles. The molecule has 0 fully saturated rings. The van der Waals surface area contributed by atoms with Crippen LogP contribution in [0.25, 0.3) is 0 Å². The van der Waals surface area contributed by atoms with Gasteiger partial charge in [-0.2, -0.15) is 0 Å². The molecule has 30 heavy (non-hydrogen) atoms. The van der Waals surface area contributed by atoms with E-state index in [1.165, 1.54) is 0 Å². The third-order valence-corrected chi connectivity index (χ3v) is 4.83. The van der Waals surface area contributed by atoms with Gasteiger partial charge in [0.15, 0.2) is 23.0 Å². The van der Waals surface area contributed by atoms with Crippen LogP contribution in [0.15, 0.2) is 36.4 Å². The number of amides is 1. The normalized spacial score (nSPS) is 10.6. The van der Waals surface area contributed by atoms with Crippen molar-refractivity contribution in [1.82, 2.24) is 10.2 Å². The van der Waals surface area contributed by atoms with E-state index < -0.39 is 0 Å². The first-order valence-electron chi connectivity index (χ1n) is 9.87. The fourth-order valence-corrected chi connectivity index (χ4v) is 3.12. The van der Waals surface area contributed by atoms with E-state index >= 15 is 0 Å². The quantitative estimate of drug-likeness (QED) is 0.574. The van der Waals surface area contributed by atoms with Gasteiger partial charge in [0, 0.05) is 13.1 Å². The van der Waals surface area contributed by atoms with E-state index in [1.54, 1.807) is 28.4 Å².